The molecule has 1 aromatic rings. The fraction of sp³-hybridized carbons (Fsp3) is 0.538. The van der Waals surface area contributed by atoms with Gasteiger partial charge in [0.1, 0.15) is 0 Å². The van der Waals surface area contributed by atoms with Crippen molar-refractivity contribution in [1.82, 2.24) is 0 Å². The number of benzene rings is 1. The average molecular weight is 322 g/mol. The highest BCUT2D eigenvalue weighted by Crippen LogP contribution is 2.36. The third-order valence-corrected chi connectivity index (χ3v) is 4.74. The van der Waals surface area contributed by atoms with Gasteiger partial charge in [0.05, 0.1) is 10.5 Å². The molecule has 1 saturated carbocycles. The van der Waals surface area contributed by atoms with E-state index in [4.69, 9.17) is 5.14 Å². The zero-order valence-corrected chi connectivity index (χ0v) is 12.3. The summed E-state index contributed by atoms with van der Waals surface area (Å²) < 4.78 is 61.6. The first-order valence-corrected chi connectivity index (χ1v) is 8.09. The molecule has 4 nitrogen and oxygen atoms in total. The molecule has 21 heavy (non-hydrogen) atoms. The van der Waals surface area contributed by atoms with E-state index in [9.17, 15) is 21.6 Å². The van der Waals surface area contributed by atoms with Crippen LogP contribution in [0.15, 0.2) is 23.1 Å². The van der Waals surface area contributed by atoms with Crippen molar-refractivity contribution >= 4 is 15.7 Å². The predicted octanol–water partition coefficient (Wildman–Crippen LogP) is 2.59. The largest absolute Gasteiger partial charge is 0.417 e. The van der Waals surface area contributed by atoms with E-state index in [1.807, 2.05) is 0 Å². The third kappa shape index (κ3) is 3.68. The van der Waals surface area contributed by atoms with Crippen LogP contribution in [0.25, 0.3) is 0 Å². The van der Waals surface area contributed by atoms with Gasteiger partial charge in [-0.1, -0.05) is 6.42 Å². The van der Waals surface area contributed by atoms with E-state index in [1.54, 1.807) is 11.9 Å². The van der Waals surface area contributed by atoms with Crippen LogP contribution in [-0.2, 0) is 16.2 Å². The first kappa shape index (κ1) is 16.1. The van der Waals surface area contributed by atoms with Gasteiger partial charge in [0.2, 0.25) is 10.0 Å². The summed E-state index contributed by atoms with van der Waals surface area (Å²) in [6.45, 7) is 0.659. The van der Waals surface area contributed by atoms with Crippen LogP contribution >= 0.6 is 0 Å². The first-order chi connectivity index (χ1) is 9.59. The van der Waals surface area contributed by atoms with E-state index in [-0.39, 0.29) is 0 Å². The Labute approximate surface area is 121 Å². The zero-order valence-electron chi connectivity index (χ0n) is 11.5. The lowest BCUT2D eigenvalue weighted by atomic mass is 9.85. The summed E-state index contributed by atoms with van der Waals surface area (Å²) in [6.07, 6.45) is -1.47. The second-order valence-electron chi connectivity index (χ2n) is 5.40. The molecular weight excluding hydrogens is 305 g/mol. The molecule has 0 heterocycles. The summed E-state index contributed by atoms with van der Waals surface area (Å²) in [6, 6.07) is 3.12. The van der Waals surface area contributed by atoms with Crippen molar-refractivity contribution in [3.05, 3.63) is 23.8 Å². The fourth-order valence-electron chi connectivity index (χ4n) is 2.39. The van der Waals surface area contributed by atoms with Gasteiger partial charge in [-0.3, -0.25) is 0 Å². The Balaban J connectivity index is 2.37. The van der Waals surface area contributed by atoms with Gasteiger partial charge >= 0.3 is 6.18 Å². The number of nitrogens with two attached hydrogens (primary N) is 1. The Kier molecular flexibility index (Phi) is 4.21. The standard InChI is InChI=1S/C13H17F3N2O2S/c1-18(8-9-3-2-4-9)10-5-6-12(21(17,19)20)11(7-10)13(14,15)16/h5-7,9H,2-4,8H2,1H3,(H2,17,19,20). The number of alkyl halides is 3. The van der Waals surface area contributed by atoms with Crippen molar-refractivity contribution in [2.45, 2.75) is 30.3 Å². The van der Waals surface area contributed by atoms with Crippen LogP contribution < -0.4 is 10.0 Å². The van der Waals surface area contributed by atoms with Crippen molar-refractivity contribution in [3.8, 4) is 0 Å². The Bertz CT molecular complexity index is 625. The number of anilines is 1. The molecule has 2 rings (SSSR count). The average Bonchev–Trinajstić information content (AvgIpc) is 2.30. The summed E-state index contributed by atoms with van der Waals surface area (Å²) in [7, 11) is -2.72. The lowest BCUT2D eigenvalue weighted by Crippen LogP contribution is -2.29. The van der Waals surface area contributed by atoms with Gasteiger partial charge in [-0.15, -0.1) is 0 Å². The van der Waals surface area contributed by atoms with E-state index in [0.29, 0.717) is 18.2 Å². The van der Waals surface area contributed by atoms with Crippen molar-refractivity contribution < 1.29 is 21.6 Å². The molecule has 0 saturated heterocycles. The van der Waals surface area contributed by atoms with Gasteiger partial charge in [-0.25, -0.2) is 13.6 Å². The molecular formula is C13H17F3N2O2S. The van der Waals surface area contributed by atoms with Gasteiger partial charge in [0, 0.05) is 19.3 Å². The van der Waals surface area contributed by atoms with Crippen LogP contribution in [0.2, 0.25) is 0 Å². The van der Waals surface area contributed by atoms with Gasteiger partial charge in [-0.05, 0) is 37.0 Å². The lowest BCUT2D eigenvalue weighted by molar-refractivity contribution is -0.139. The SMILES string of the molecule is CN(CC1CCC1)c1ccc(S(N)(=O)=O)c(C(F)(F)F)c1. The van der Waals surface area contributed by atoms with E-state index in [2.05, 4.69) is 0 Å². The molecule has 118 valence electrons. The number of nitrogens with zero attached hydrogens (tertiary/aromatic N) is 1. The molecule has 0 amide bonds. The van der Waals surface area contributed by atoms with Gasteiger partial charge in [0.15, 0.2) is 0 Å². The molecule has 2 N–H and O–H groups in total. The molecule has 8 heteroatoms. The summed E-state index contributed by atoms with van der Waals surface area (Å²) in [5.74, 6) is 0.488. The van der Waals surface area contributed by atoms with E-state index in [1.165, 1.54) is 6.07 Å². The lowest BCUT2D eigenvalue weighted by Gasteiger charge is -2.31. The van der Waals surface area contributed by atoms with Crippen LogP contribution in [0.3, 0.4) is 0 Å². The summed E-state index contributed by atoms with van der Waals surface area (Å²) in [5, 5.41) is 4.85. The van der Waals surface area contributed by atoms with Crippen LogP contribution in [0, 0.1) is 5.92 Å². The monoisotopic (exact) mass is 322 g/mol. The molecule has 1 fully saturated rings. The zero-order chi connectivity index (χ0) is 15.8. The van der Waals surface area contributed by atoms with Crippen LogP contribution in [0.5, 0.6) is 0 Å². The predicted molar refractivity (Wildman–Crippen MR) is 73.4 cm³/mol. The van der Waals surface area contributed by atoms with Crippen molar-refractivity contribution in [2.75, 3.05) is 18.5 Å². The minimum absolute atomic E-state index is 0.335. The molecule has 1 aliphatic rings. The second-order valence-corrected chi connectivity index (χ2v) is 6.93. The molecule has 0 atom stereocenters. The normalized spacial score (nSPS) is 16.6. The maximum Gasteiger partial charge on any atom is 0.417 e. The Morgan fingerprint density at radius 2 is 1.95 bits per heavy atom. The third-order valence-electron chi connectivity index (χ3n) is 3.77. The molecule has 0 aromatic heterocycles. The summed E-state index contributed by atoms with van der Waals surface area (Å²) >= 11 is 0. The quantitative estimate of drug-likeness (QED) is 0.927. The van der Waals surface area contributed by atoms with Crippen LogP contribution in [-0.4, -0.2) is 22.0 Å². The van der Waals surface area contributed by atoms with Gasteiger partial charge in [0.25, 0.3) is 0 Å². The topological polar surface area (TPSA) is 63.4 Å². The Morgan fingerprint density at radius 3 is 2.38 bits per heavy atom. The number of primary sulfonamides is 1. The highest BCUT2D eigenvalue weighted by molar-refractivity contribution is 7.89. The highest BCUT2D eigenvalue weighted by Gasteiger charge is 2.37. The van der Waals surface area contributed by atoms with Crippen molar-refractivity contribution in [2.24, 2.45) is 11.1 Å². The summed E-state index contributed by atoms with van der Waals surface area (Å²) in [4.78, 5) is 0.821. The molecule has 1 aromatic carbocycles. The van der Waals surface area contributed by atoms with Crippen LogP contribution in [0.4, 0.5) is 18.9 Å². The van der Waals surface area contributed by atoms with Crippen molar-refractivity contribution in [1.29, 1.82) is 0 Å². The van der Waals surface area contributed by atoms with Crippen LogP contribution in [0.1, 0.15) is 24.8 Å². The molecule has 0 spiro atoms. The maximum atomic E-state index is 13.0. The number of halogens is 3. The van der Waals surface area contributed by atoms with E-state index in [0.717, 1.165) is 31.4 Å². The minimum Gasteiger partial charge on any atom is -0.374 e. The van der Waals surface area contributed by atoms with Crippen molar-refractivity contribution in [3.63, 3.8) is 0 Å². The van der Waals surface area contributed by atoms with E-state index >= 15 is 0 Å². The Morgan fingerprint density at radius 1 is 1.33 bits per heavy atom. The highest BCUT2D eigenvalue weighted by atomic mass is 32.2. The second kappa shape index (κ2) is 5.49. The molecule has 0 aliphatic heterocycles. The fourth-order valence-corrected chi connectivity index (χ4v) is 3.13. The summed E-state index contributed by atoms with van der Waals surface area (Å²) in [5.41, 5.74) is -0.885. The van der Waals surface area contributed by atoms with Gasteiger partial charge < -0.3 is 4.90 Å². The minimum atomic E-state index is -4.77. The molecule has 0 unspecified atom stereocenters. The number of hydrogen-bond acceptors (Lipinski definition) is 3. The van der Waals surface area contributed by atoms with E-state index < -0.39 is 26.7 Å². The molecule has 0 radical (unpaired) electrons. The molecule has 1 aliphatic carbocycles. The molecule has 0 bridgehead atoms. The number of sulfonamides is 1. The Hall–Kier alpha value is -1.28. The first-order valence-electron chi connectivity index (χ1n) is 6.54. The smallest absolute Gasteiger partial charge is 0.374 e. The number of rotatable bonds is 4. The maximum absolute atomic E-state index is 13.0. The van der Waals surface area contributed by atoms with Gasteiger partial charge in [-0.2, -0.15) is 13.2 Å². The number of hydrogen-bond donors (Lipinski definition) is 1.